The Morgan fingerprint density at radius 2 is 1.24 bits per heavy atom. The highest BCUT2D eigenvalue weighted by atomic mass is 32.1. The van der Waals surface area contributed by atoms with E-state index in [-0.39, 0.29) is 11.4 Å². The highest BCUT2D eigenvalue weighted by Crippen LogP contribution is 2.41. The lowest BCUT2D eigenvalue weighted by Crippen LogP contribution is -2.16. The number of nitrogens with one attached hydrogen (secondary N) is 2. The van der Waals surface area contributed by atoms with Crippen molar-refractivity contribution in [2.24, 2.45) is 0 Å². The largest absolute Gasteiger partial charge is 0.310 e. The number of allylic oxidation sites excluding steroid dienone is 1. The van der Waals surface area contributed by atoms with Crippen LogP contribution in [0.3, 0.4) is 0 Å². The maximum atomic E-state index is 8.52. The number of benzene rings is 6. The van der Waals surface area contributed by atoms with E-state index < -0.39 is 0 Å². The van der Waals surface area contributed by atoms with Crippen LogP contribution in [0.25, 0.3) is 48.1 Å². The summed E-state index contributed by atoms with van der Waals surface area (Å²) in [5.74, 6) is 0. The van der Waals surface area contributed by atoms with Gasteiger partial charge in [-0.15, -0.1) is 11.3 Å². The van der Waals surface area contributed by atoms with Crippen LogP contribution in [0.15, 0.2) is 133 Å². The molecule has 4 heteroatoms. The van der Waals surface area contributed by atoms with Gasteiger partial charge in [-0.05, 0) is 82.1 Å². The fraction of sp³-hybridized carbons (Fsp3) is 0. The first kappa shape index (κ1) is 24.5. The lowest BCUT2D eigenvalue weighted by atomic mass is 9.88. The molecule has 0 aliphatic heterocycles. The van der Waals surface area contributed by atoms with Gasteiger partial charge in [-0.25, -0.2) is 0 Å². The summed E-state index contributed by atoms with van der Waals surface area (Å²) in [7, 11) is 0. The highest BCUT2D eigenvalue weighted by Gasteiger charge is 2.19. The second kappa shape index (κ2) is 9.65. The molecule has 0 unspecified atom stereocenters. The van der Waals surface area contributed by atoms with Crippen LogP contribution in [0.5, 0.6) is 0 Å². The SMILES string of the molecule is N=C1C=Cc2ccc3cc(-c4cccc(N(c5ccccc5)c5ccc6c(c5)sc5ccccc56)c4)ccc3c2C1=N. The Kier molecular flexibility index (Phi) is 5.62. The van der Waals surface area contributed by atoms with Gasteiger partial charge in [-0.1, -0.05) is 84.9 Å². The molecule has 2 N–H and O–H groups in total. The minimum atomic E-state index is 0.251. The zero-order valence-corrected chi connectivity index (χ0v) is 23.5. The van der Waals surface area contributed by atoms with Crippen molar-refractivity contribution in [3.8, 4) is 11.1 Å². The monoisotopic (exact) mass is 555 g/mol. The molecule has 7 aromatic rings. The van der Waals surface area contributed by atoms with Crippen LogP contribution in [-0.2, 0) is 0 Å². The lowest BCUT2D eigenvalue weighted by molar-refractivity contribution is 1.29. The first-order chi connectivity index (χ1) is 20.6. The Morgan fingerprint density at radius 1 is 0.500 bits per heavy atom. The number of anilines is 3. The number of rotatable bonds is 4. The van der Waals surface area contributed by atoms with Crippen molar-refractivity contribution in [2.45, 2.75) is 0 Å². The van der Waals surface area contributed by atoms with Gasteiger partial charge in [0.2, 0.25) is 0 Å². The molecule has 1 aromatic heterocycles. The van der Waals surface area contributed by atoms with E-state index in [1.165, 1.54) is 20.2 Å². The maximum Gasteiger partial charge on any atom is 0.0873 e. The minimum absolute atomic E-state index is 0.251. The molecule has 3 nitrogen and oxygen atoms in total. The van der Waals surface area contributed by atoms with E-state index in [1.54, 1.807) is 6.08 Å². The number of nitrogens with zero attached hydrogens (tertiary/aromatic N) is 1. The van der Waals surface area contributed by atoms with Crippen LogP contribution < -0.4 is 4.90 Å². The van der Waals surface area contributed by atoms with E-state index in [9.17, 15) is 0 Å². The number of fused-ring (bicyclic) bond motifs is 6. The topological polar surface area (TPSA) is 50.9 Å². The molecule has 0 radical (unpaired) electrons. The number of thiophene rings is 1. The van der Waals surface area contributed by atoms with Crippen molar-refractivity contribution >= 4 is 76.8 Å². The summed E-state index contributed by atoms with van der Waals surface area (Å²) in [5.41, 5.74) is 7.92. The third kappa shape index (κ3) is 3.96. The third-order valence-corrected chi connectivity index (χ3v) is 9.21. The Morgan fingerprint density at radius 3 is 2.14 bits per heavy atom. The Hall–Kier alpha value is -5.32. The van der Waals surface area contributed by atoms with Crippen LogP contribution in [0, 0.1) is 10.8 Å². The van der Waals surface area contributed by atoms with Gasteiger partial charge in [-0.3, -0.25) is 10.8 Å². The van der Waals surface area contributed by atoms with Crippen LogP contribution in [0.2, 0.25) is 0 Å². The first-order valence-corrected chi connectivity index (χ1v) is 14.8. The summed E-state index contributed by atoms with van der Waals surface area (Å²) in [4.78, 5) is 2.32. The van der Waals surface area contributed by atoms with Gasteiger partial charge in [-0.2, -0.15) is 0 Å². The average Bonchev–Trinajstić information content (AvgIpc) is 3.41. The highest BCUT2D eigenvalue weighted by molar-refractivity contribution is 7.25. The summed E-state index contributed by atoms with van der Waals surface area (Å²) in [6.07, 6.45) is 3.63. The molecular formula is C38H25N3S. The molecule has 0 fully saturated rings. The van der Waals surface area contributed by atoms with E-state index in [0.717, 1.165) is 50.1 Å². The van der Waals surface area contributed by atoms with Gasteiger partial charge < -0.3 is 4.90 Å². The fourth-order valence-electron chi connectivity index (χ4n) is 6.04. The predicted molar refractivity (Wildman–Crippen MR) is 181 cm³/mol. The molecule has 0 atom stereocenters. The minimum Gasteiger partial charge on any atom is -0.310 e. The molecule has 1 aliphatic rings. The van der Waals surface area contributed by atoms with Crippen molar-refractivity contribution in [3.63, 3.8) is 0 Å². The summed E-state index contributed by atoms with van der Waals surface area (Å²) in [5, 5.41) is 21.3. The van der Waals surface area contributed by atoms with Crippen molar-refractivity contribution in [3.05, 3.63) is 145 Å². The van der Waals surface area contributed by atoms with E-state index in [4.69, 9.17) is 10.8 Å². The van der Waals surface area contributed by atoms with Crippen molar-refractivity contribution < 1.29 is 0 Å². The van der Waals surface area contributed by atoms with Gasteiger partial charge >= 0.3 is 0 Å². The molecule has 0 bridgehead atoms. The summed E-state index contributed by atoms with van der Waals surface area (Å²) >= 11 is 1.84. The van der Waals surface area contributed by atoms with E-state index in [2.05, 4.69) is 132 Å². The molecule has 0 saturated heterocycles. The summed E-state index contributed by atoms with van der Waals surface area (Å²) in [6.45, 7) is 0. The second-order valence-electron chi connectivity index (χ2n) is 10.6. The third-order valence-electron chi connectivity index (χ3n) is 8.07. The zero-order valence-electron chi connectivity index (χ0n) is 22.6. The Bertz CT molecular complexity index is 2240. The summed E-state index contributed by atoms with van der Waals surface area (Å²) < 4.78 is 2.58. The Labute approximate surface area is 247 Å². The first-order valence-electron chi connectivity index (χ1n) is 13.9. The predicted octanol–water partition coefficient (Wildman–Crippen LogP) is 10.8. The second-order valence-corrected chi connectivity index (χ2v) is 11.7. The molecule has 42 heavy (non-hydrogen) atoms. The molecular weight excluding hydrogens is 531 g/mol. The van der Waals surface area contributed by atoms with Crippen molar-refractivity contribution in [1.29, 1.82) is 10.8 Å². The number of hydrogen-bond acceptors (Lipinski definition) is 4. The van der Waals surface area contributed by atoms with Crippen LogP contribution in [0.4, 0.5) is 17.1 Å². The molecule has 6 aromatic carbocycles. The standard InChI is InChI=1S/C38H25N3S/c39-34-20-16-24-13-14-27-21-26(15-18-31(27)37(24)38(34)40)25-7-6-10-29(22-25)41(28-8-2-1-3-9-28)30-17-19-33-32-11-4-5-12-35(32)42-36(33)23-30/h1-23,39-40H. The van der Waals surface area contributed by atoms with Crippen molar-refractivity contribution in [1.82, 2.24) is 0 Å². The summed E-state index contributed by atoms with van der Waals surface area (Å²) in [6, 6.07) is 45.2. The fourth-order valence-corrected chi connectivity index (χ4v) is 7.18. The molecule has 198 valence electrons. The van der Waals surface area contributed by atoms with Crippen molar-refractivity contribution in [2.75, 3.05) is 4.90 Å². The molecule has 8 rings (SSSR count). The van der Waals surface area contributed by atoms with Crippen LogP contribution in [-0.4, -0.2) is 11.4 Å². The van der Waals surface area contributed by atoms with Gasteiger partial charge in [0.25, 0.3) is 0 Å². The van der Waals surface area contributed by atoms with Crippen LogP contribution in [0.1, 0.15) is 11.1 Å². The van der Waals surface area contributed by atoms with Gasteiger partial charge in [0, 0.05) is 42.8 Å². The normalized spacial score (nSPS) is 12.8. The smallest absolute Gasteiger partial charge is 0.0873 e. The maximum absolute atomic E-state index is 8.52. The lowest BCUT2D eigenvalue weighted by Gasteiger charge is -2.26. The molecule has 0 saturated carbocycles. The van der Waals surface area contributed by atoms with Gasteiger partial charge in [0.05, 0.1) is 11.4 Å². The molecule has 0 amide bonds. The quantitative estimate of drug-likeness (QED) is 0.223. The number of para-hydroxylation sites is 1. The van der Waals surface area contributed by atoms with Crippen LogP contribution >= 0.6 is 11.3 Å². The average molecular weight is 556 g/mol. The zero-order chi connectivity index (χ0) is 28.2. The van der Waals surface area contributed by atoms with E-state index in [1.807, 2.05) is 17.4 Å². The van der Waals surface area contributed by atoms with Gasteiger partial charge in [0.15, 0.2) is 0 Å². The van der Waals surface area contributed by atoms with E-state index >= 15 is 0 Å². The van der Waals surface area contributed by atoms with E-state index in [0.29, 0.717) is 0 Å². The van der Waals surface area contributed by atoms with Gasteiger partial charge in [0.1, 0.15) is 0 Å². The molecule has 1 heterocycles. The molecule has 1 aliphatic carbocycles. The number of hydrogen-bond donors (Lipinski definition) is 2. The molecule has 0 spiro atoms. The Balaban J connectivity index is 1.25.